The fourth-order valence-electron chi connectivity index (χ4n) is 3.72. The van der Waals surface area contributed by atoms with Crippen molar-refractivity contribution in [3.05, 3.63) is 42.5 Å². The Balaban J connectivity index is 1.44. The van der Waals surface area contributed by atoms with Crippen LogP contribution in [0.15, 0.2) is 47.4 Å². The molecule has 9 nitrogen and oxygen atoms in total. The molecule has 0 saturated carbocycles. The topological polar surface area (TPSA) is 145 Å². The van der Waals surface area contributed by atoms with E-state index in [1.54, 1.807) is 12.1 Å². The molecule has 0 bridgehead atoms. The van der Waals surface area contributed by atoms with Crippen LogP contribution in [0.5, 0.6) is 0 Å². The summed E-state index contributed by atoms with van der Waals surface area (Å²) in [6, 6.07) is 12.3. The maximum Gasteiger partial charge on any atom is 0.240 e. The lowest BCUT2D eigenvalue weighted by molar-refractivity contribution is -0.126. The highest BCUT2D eigenvalue weighted by Crippen LogP contribution is 2.19. The first-order chi connectivity index (χ1) is 15.2. The predicted molar refractivity (Wildman–Crippen MR) is 123 cm³/mol. The lowest BCUT2D eigenvalue weighted by atomic mass is 9.95. The summed E-state index contributed by atoms with van der Waals surface area (Å²) < 4.78 is 27.5. The van der Waals surface area contributed by atoms with E-state index in [0.717, 1.165) is 10.8 Å². The second-order valence-electron chi connectivity index (χ2n) is 7.99. The van der Waals surface area contributed by atoms with Gasteiger partial charge in [0.05, 0.1) is 23.8 Å². The lowest BCUT2D eigenvalue weighted by Gasteiger charge is -2.30. The molecule has 32 heavy (non-hydrogen) atoms. The maximum absolute atomic E-state index is 12.6. The minimum atomic E-state index is -3.79. The smallest absolute Gasteiger partial charge is 0.240 e. The Hall–Kier alpha value is -2.82. The summed E-state index contributed by atoms with van der Waals surface area (Å²) in [7, 11) is -3.79. The van der Waals surface area contributed by atoms with Gasteiger partial charge in [0, 0.05) is 18.9 Å². The number of amides is 1. The number of likely N-dealkylation sites (tertiary alicyclic amines) is 1. The average molecular weight is 460 g/mol. The molecule has 3 rings (SSSR count). The Kier molecular flexibility index (Phi) is 7.94. The molecule has 0 radical (unpaired) electrons. The molecule has 0 aromatic heterocycles. The molecule has 1 fully saturated rings. The van der Waals surface area contributed by atoms with E-state index >= 15 is 0 Å². The number of fused-ring (bicyclic) bond motifs is 1. The molecule has 0 unspecified atom stereocenters. The average Bonchev–Trinajstić information content (AvgIpc) is 2.77. The van der Waals surface area contributed by atoms with Crippen LogP contribution in [0.25, 0.3) is 10.8 Å². The van der Waals surface area contributed by atoms with Gasteiger partial charge in [-0.3, -0.25) is 19.9 Å². The lowest BCUT2D eigenvalue weighted by Crippen LogP contribution is -2.44. The molecular weight excluding hydrogens is 430 g/mol. The van der Waals surface area contributed by atoms with Gasteiger partial charge in [-0.2, -0.15) is 0 Å². The van der Waals surface area contributed by atoms with Gasteiger partial charge >= 0.3 is 0 Å². The first kappa shape index (κ1) is 23.8. The highest BCUT2D eigenvalue weighted by molar-refractivity contribution is 7.89. The third-order valence-electron chi connectivity index (χ3n) is 5.54. The summed E-state index contributed by atoms with van der Waals surface area (Å²) in [6.45, 7) is 1.39. The van der Waals surface area contributed by atoms with Gasteiger partial charge in [-0.25, -0.2) is 13.1 Å². The number of sulfonamides is 1. The number of nitrogens with one attached hydrogen (secondary N) is 3. The van der Waals surface area contributed by atoms with E-state index in [1.807, 2.05) is 29.2 Å². The van der Waals surface area contributed by atoms with Gasteiger partial charge in [-0.05, 0) is 48.8 Å². The normalized spacial score (nSPS) is 15.5. The molecule has 0 atom stereocenters. The second kappa shape index (κ2) is 10.7. The number of hydrogen-bond donors (Lipinski definition) is 4. The van der Waals surface area contributed by atoms with Crippen LogP contribution in [0, 0.1) is 11.3 Å². The van der Waals surface area contributed by atoms with Crippen molar-refractivity contribution < 1.29 is 18.0 Å². The van der Waals surface area contributed by atoms with Gasteiger partial charge in [-0.15, -0.1) is 0 Å². The SMILES string of the molecule is N=C(N)CCNC(=O)C1CCN(CC(=O)CNS(=O)(=O)c2ccc3ccccc3c2)CC1. The number of nitrogens with two attached hydrogens (primary N) is 1. The van der Waals surface area contributed by atoms with Crippen LogP contribution in [0.4, 0.5) is 0 Å². The molecule has 1 saturated heterocycles. The van der Waals surface area contributed by atoms with Crippen LogP contribution < -0.4 is 15.8 Å². The third-order valence-corrected chi connectivity index (χ3v) is 6.94. The van der Waals surface area contributed by atoms with Crippen molar-refractivity contribution in [1.82, 2.24) is 14.9 Å². The number of ketones is 1. The Bertz CT molecular complexity index is 1090. The number of carbonyl (C=O) groups is 2. The molecular formula is C22H29N5O4S. The summed E-state index contributed by atoms with van der Waals surface area (Å²) in [5.74, 6) is -0.367. The summed E-state index contributed by atoms with van der Waals surface area (Å²) >= 11 is 0. The van der Waals surface area contributed by atoms with E-state index in [-0.39, 0.29) is 41.4 Å². The van der Waals surface area contributed by atoms with Crippen molar-refractivity contribution >= 4 is 38.3 Å². The van der Waals surface area contributed by atoms with Crippen molar-refractivity contribution in [2.75, 3.05) is 32.7 Å². The minimum absolute atomic E-state index is 0.0369. The van der Waals surface area contributed by atoms with Crippen LogP contribution in [0.1, 0.15) is 19.3 Å². The second-order valence-corrected chi connectivity index (χ2v) is 9.76. The molecule has 1 heterocycles. The van der Waals surface area contributed by atoms with Gasteiger partial charge in [0.1, 0.15) is 0 Å². The van der Waals surface area contributed by atoms with Gasteiger partial charge in [0.15, 0.2) is 5.78 Å². The third kappa shape index (κ3) is 6.59. The van der Waals surface area contributed by atoms with Crippen LogP contribution in [0.2, 0.25) is 0 Å². The zero-order valence-electron chi connectivity index (χ0n) is 17.8. The Morgan fingerprint density at radius 3 is 2.47 bits per heavy atom. The van der Waals surface area contributed by atoms with E-state index in [1.165, 1.54) is 6.07 Å². The van der Waals surface area contributed by atoms with Crippen molar-refractivity contribution in [1.29, 1.82) is 5.41 Å². The number of rotatable bonds is 10. The zero-order chi connectivity index (χ0) is 23.1. The molecule has 2 aromatic carbocycles. The summed E-state index contributed by atoms with van der Waals surface area (Å²) in [5, 5.41) is 11.7. The highest BCUT2D eigenvalue weighted by atomic mass is 32.2. The molecule has 5 N–H and O–H groups in total. The summed E-state index contributed by atoms with van der Waals surface area (Å²) in [4.78, 5) is 26.6. The quantitative estimate of drug-likeness (QED) is 0.306. The Morgan fingerprint density at radius 2 is 1.78 bits per heavy atom. The van der Waals surface area contributed by atoms with E-state index in [9.17, 15) is 18.0 Å². The molecule has 0 spiro atoms. The highest BCUT2D eigenvalue weighted by Gasteiger charge is 2.26. The molecule has 10 heteroatoms. The Morgan fingerprint density at radius 1 is 1.09 bits per heavy atom. The van der Waals surface area contributed by atoms with Crippen molar-refractivity contribution in [2.24, 2.45) is 11.7 Å². The van der Waals surface area contributed by atoms with Crippen molar-refractivity contribution in [2.45, 2.75) is 24.2 Å². The number of amidine groups is 1. The first-order valence-electron chi connectivity index (χ1n) is 10.6. The van der Waals surface area contributed by atoms with E-state index < -0.39 is 10.0 Å². The fourth-order valence-corrected chi connectivity index (χ4v) is 4.76. The van der Waals surface area contributed by atoms with Gasteiger partial charge in [0.25, 0.3) is 0 Å². The predicted octanol–water partition coefficient (Wildman–Crippen LogP) is 0.841. The number of piperidine rings is 1. The number of Topliss-reactive ketones (excluding diaryl/α,β-unsaturated/α-hetero) is 1. The van der Waals surface area contributed by atoms with Crippen LogP contribution >= 0.6 is 0 Å². The molecule has 172 valence electrons. The van der Waals surface area contributed by atoms with Gasteiger partial charge in [-0.1, -0.05) is 30.3 Å². The van der Waals surface area contributed by atoms with Crippen LogP contribution in [0.3, 0.4) is 0 Å². The van der Waals surface area contributed by atoms with Gasteiger partial charge < -0.3 is 11.1 Å². The number of hydrogen-bond acceptors (Lipinski definition) is 6. The first-order valence-corrected chi connectivity index (χ1v) is 12.1. The van der Waals surface area contributed by atoms with E-state index in [0.29, 0.717) is 38.9 Å². The molecule has 0 aliphatic carbocycles. The van der Waals surface area contributed by atoms with Crippen LogP contribution in [-0.2, 0) is 19.6 Å². The monoisotopic (exact) mass is 459 g/mol. The standard InChI is InChI=1S/C22H29N5O4S/c23-21(24)7-10-25-22(29)17-8-11-27(12-9-17)15-19(28)14-26-32(30,31)20-6-5-16-3-1-2-4-18(16)13-20/h1-6,13,17,26H,7-12,14-15H2,(H3,23,24)(H,25,29). The van der Waals surface area contributed by atoms with Crippen molar-refractivity contribution in [3.8, 4) is 0 Å². The molecule has 1 amide bonds. The van der Waals surface area contributed by atoms with Gasteiger partial charge in [0.2, 0.25) is 15.9 Å². The fraction of sp³-hybridized carbons (Fsp3) is 0.409. The minimum Gasteiger partial charge on any atom is -0.388 e. The largest absolute Gasteiger partial charge is 0.388 e. The number of benzene rings is 2. The van der Waals surface area contributed by atoms with E-state index in [2.05, 4.69) is 10.0 Å². The summed E-state index contributed by atoms with van der Waals surface area (Å²) in [6.07, 6.45) is 1.58. The zero-order valence-corrected chi connectivity index (χ0v) is 18.7. The number of carbonyl (C=O) groups excluding carboxylic acids is 2. The summed E-state index contributed by atoms with van der Waals surface area (Å²) in [5.41, 5.74) is 5.28. The maximum atomic E-state index is 12.6. The molecule has 1 aliphatic rings. The molecule has 1 aliphatic heterocycles. The Labute approximate surface area is 187 Å². The number of nitrogens with zero attached hydrogens (tertiary/aromatic N) is 1. The van der Waals surface area contributed by atoms with Crippen LogP contribution in [-0.4, -0.2) is 63.6 Å². The molecule has 2 aromatic rings. The van der Waals surface area contributed by atoms with E-state index in [4.69, 9.17) is 11.1 Å². The van der Waals surface area contributed by atoms with Crippen molar-refractivity contribution in [3.63, 3.8) is 0 Å².